The van der Waals surface area contributed by atoms with Crippen LogP contribution in [0, 0.1) is 5.92 Å². The van der Waals surface area contributed by atoms with Gasteiger partial charge in [-0.25, -0.2) is 4.79 Å². The van der Waals surface area contributed by atoms with E-state index in [9.17, 15) is 39.0 Å². The number of carbonyl (C=O) groups is 6. The lowest BCUT2D eigenvalue weighted by molar-refractivity contribution is -0.143. The van der Waals surface area contributed by atoms with Crippen molar-refractivity contribution in [1.29, 1.82) is 0 Å². The molecule has 0 fully saturated rings. The summed E-state index contributed by atoms with van der Waals surface area (Å²) < 4.78 is 20.9. The Labute approximate surface area is 277 Å². The SMILES string of the molecule is CCOCCOCC(=O)CCCOCCOCC(=O)N[C@@H](CCC(=O)NCCCC[C@H](CC)C(=O)CN[C@H](C(N)=O)[C@@H](C)O)C(=O)O. The van der Waals surface area contributed by atoms with Crippen LogP contribution in [0.5, 0.6) is 0 Å². The lowest BCUT2D eigenvalue weighted by atomic mass is 9.94. The number of Topliss-reactive ketones (excluding diaryl/α,β-unsaturated/α-hetero) is 2. The molecular formula is C31H56N4O12. The van der Waals surface area contributed by atoms with Crippen molar-refractivity contribution in [2.24, 2.45) is 11.7 Å². The number of aliphatic hydroxyl groups excluding tert-OH is 1. The fourth-order valence-electron chi connectivity index (χ4n) is 4.33. The summed E-state index contributed by atoms with van der Waals surface area (Å²) >= 11 is 0. The van der Waals surface area contributed by atoms with Crippen molar-refractivity contribution in [3.05, 3.63) is 0 Å². The number of carbonyl (C=O) groups excluding carboxylic acids is 5. The lowest BCUT2D eigenvalue weighted by Gasteiger charge is -2.20. The van der Waals surface area contributed by atoms with Gasteiger partial charge in [0.2, 0.25) is 17.7 Å². The van der Waals surface area contributed by atoms with E-state index in [0.717, 1.165) is 0 Å². The smallest absolute Gasteiger partial charge is 0.326 e. The number of hydrogen-bond acceptors (Lipinski definition) is 12. The Morgan fingerprint density at radius 1 is 0.787 bits per heavy atom. The maximum atomic E-state index is 12.5. The van der Waals surface area contributed by atoms with Crippen LogP contribution in [0.3, 0.4) is 0 Å². The van der Waals surface area contributed by atoms with E-state index in [1.54, 1.807) is 0 Å². The average molecular weight is 677 g/mol. The van der Waals surface area contributed by atoms with Crippen molar-refractivity contribution in [3.8, 4) is 0 Å². The molecule has 272 valence electrons. The third kappa shape index (κ3) is 23.9. The molecule has 0 saturated carbocycles. The van der Waals surface area contributed by atoms with Crippen molar-refractivity contribution < 1.29 is 57.9 Å². The highest BCUT2D eigenvalue weighted by Crippen LogP contribution is 2.13. The van der Waals surface area contributed by atoms with Crippen molar-refractivity contribution in [2.45, 2.75) is 90.3 Å². The molecule has 0 rings (SSSR count). The summed E-state index contributed by atoms with van der Waals surface area (Å²) in [5.41, 5.74) is 5.23. The quantitative estimate of drug-likeness (QED) is 0.0492. The molecule has 0 unspecified atom stereocenters. The van der Waals surface area contributed by atoms with Gasteiger partial charge >= 0.3 is 5.97 Å². The number of unbranched alkanes of at least 4 members (excludes halogenated alkanes) is 1. The van der Waals surface area contributed by atoms with Gasteiger partial charge in [0.25, 0.3) is 0 Å². The van der Waals surface area contributed by atoms with Crippen LogP contribution in [-0.4, -0.2) is 130 Å². The van der Waals surface area contributed by atoms with Gasteiger partial charge in [-0.15, -0.1) is 0 Å². The van der Waals surface area contributed by atoms with Gasteiger partial charge in [0, 0.05) is 38.5 Å². The monoisotopic (exact) mass is 676 g/mol. The van der Waals surface area contributed by atoms with Gasteiger partial charge in [0.1, 0.15) is 31.1 Å². The molecule has 0 spiro atoms. The van der Waals surface area contributed by atoms with Crippen LogP contribution in [0.1, 0.15) is 72.1 Å². The Morgan fingerprint density at radius 3 is 2.06 bits per heavy atom. The minimum atomic E-state index is -1.27. The highest BCUT2D eigenvalue weighted by atomic mass is 16.5. The molecule has 7 N–H and O–H groups in total. The van der Waals surface area contributed by atoms with Crippen molar-refractivity contribution in [3.63, 3.8) is 0 Å². The number of primary amides is 1. The fraction of sp³-hybridized carbons (Fsp3) is 0.806. The molecule has 3 amide bonds. The second kappa shape index (κ2) is 28.0. The Hall–Kier alpha value is -3.02. The Bertz CT molecular complexity index is 934. The molecular weight excluding hydrogens is 620 g/mol. The Morgan fingerprint density at radius 2 is 1.45 bits per heavy atom. The molecule has 0 aromatic rings. The largest absolute Gasteiger partial charge is 0.480 e. The van der Waals surface area contributed by atoms with E-state index >= 15 is 0 Å². The lowest BCUT2D eigenvalue weighted by Crippen LogP contribution is -2.50. The van der Waals surface area contributed by atoms with Crippen LogP contribution >= 0.6 is 0 Å². The van der Waals surface area contributed by atoms with Gasteiger partial charge in [-0.2, -0.15) is 0 Å². The molecule has 0 aliphatic heterocycles. The number of carboxylic acids is 1. The topological polar surface area (TPSA) is 242 Å². The highest BCUT2D eigenvalue weighted by Gasteiger charge is 2.24. The number of ketones is 2. The number of aliphatic carboxylic acids is 1. The van der Waals surface area contributed by atoms with E-state index in [1.165, 1.54) is 6.92 Å². The first kappa shape index (κ1) is 44.0. The molecule has 0 saturated heterocycles. The van der Waals surface area contributed by atoms with Gasteiger partial charge in [0.05, 0.1) is 39.1 Å². The predicted octanol–water partition coefficient (Wildman–Crippen LogP) is -0.522. The second-order valence-electron chi connectivity index (χ2n) is 11.0. The highest BCUT2D eigenvalue weighted by molar-refractivity contribution is 5.86. The first-order valence-electron chi connectivity index (χ1n) is 16.3. The van der Waals surface area contributed by atoms with Crippen LogP contribution in [0.25, 0.3) is 0 Å². The van der Waals surface area contributed by atoms with Gasteiger partial charge in [-0.3, -0.25) is 29.3 Å². The fourth-order valence-corrected chi connectivity index (χ4v) is 4.33. The molecule has 0 aromatic carbocycles. The standard InChI is InChI=1S/C31H56N4O12/c1-4-23(26(38)19-34-29(22(3)36)30(32)41)9-6-7-13-33-27(39)12-11-25(31(42)43)35-28(40)21-47-18-16-45-14-8-10-24(37)20-46-17-15-44-5-2/h22-23,25,29,34,36H,4-21H2,1-3H3,(H2,32,41)(H,33,39)(H,35,40)(H,42,43)/t22-,23+,25+,29+/m1/s1. The van der Waals surface area contributed by atoms with Crippen LogP contribution in [-0.2, 0) is 47.7 Å². The maximum Gasteiger partial charge on any atom is 0.326 e. The van der Waals surface area contributed by atoms with Gasteiger partial charge < -0.3 is 45.5 Å². The van der Waals surface area contributed by atoms with Gasteiger partial charge in [-0.1, -0.05) is 13.3 Å². The van der Waals surface area contributed by atoms with E-state index in [2.05, 4.69) is 16.0 Å². The molecule has 16 nitrogen and oxygen atoms in total. The number of nitrogens with one attached hydrogen (secondary N) is 3. The predicted molar refractivity (Wildman–Crippen MR) is 170 cm³/mol. The van der Waals surface area contributed by atoms with Crippen LogP contribution in [0.2, 0.25) is 0 Å². The number of amides is 3. The van der Waals surface area contributed by atoms with Crippen LogP contribution in [0.15, 0.2) is 0 Å². The van der Waals surface area contributed by atoms with E-state index in [-0.39, 0.29) is 69.2 Å². The normalized spacial score (nSPS) is 13.7. The third-order valence-corrected chi connectivity index (χ3v) is 7.02. The molecule has 0 aromatic heterocycles. The van der Waals surface area contributed by atoms with Crippen LogP contribution < -0.4 is 21.7 Å². The average Bonchev–Trinajstić information content (AvgIpc) is 3.01. The Balaban J connectivity index is 4.07. The van der Waals surface area contributed by atoms with Gasteiger partial charge in [-0.05, 0) is 46.0 Å². The minimum absolute atomic E-state index is 0.0305. The molecule has 0 bridgehead atoms. The summed E-state index contributed by atoms with van der Waals surface area (Å²) in [4.78, 5) is 71.4. The summed E-state index contributed by atoms with van der Waals surface area (Å²) in [6.07, 6.45) is 2.03. The second-order valence-corrected chi connectivity index (χ2v) is 11.0. The molecule has 0 aliphatic rings. The zero-order valence-corrected chi connectivity index (χ0v) is 28.1. The zero-order chi connectivity index (χ0) is 35.5. The molecule has 0 aliphatic carbocycles. The number of rotatable bonds is 32. The number of aliphatic hydroxyl groups is 1. The number of hydrogen-bond donors (Lipinski definition) is 6. The third-order valence-electron chi connectivity index (χ3n) is 7.02. The van der Waals surface area contributed by atoms with E-state index in [4.69, 9.17) is 24.7 Å². The van der Waals surface area contributed by atoms with Gasteiger partial charge in [0.15, 0.2) is 5.78 Å². The summed E-state index contributed by atoms with van der Waals surface area (Å²) in [7, 11) is 0. The first-order valence-corrected chi connectivity index (χ1v) is 16.3. The van der Waals surface area contributed by atoms with Crippen molar-refractivity contribution in [2.75, 3.05) is 65.9 Å². The van der Waals surface area contributed by atoms with Crippen molar-refractivity contribution >= 4 is 35.3 Å². The van der Waals surface area contributed by atoms with E-state index in [1.807, 2.05) is 13.8 Å². The van der Waals surface area contributed by atoms with E-state index in [0.29, 0.717) is 71.5 Å². The van der Waals surface area contributed by atoms with Crippen molar-refractivity contribution in [1.82, 2.24) is 16.0 Å². The molecule has 4 atom stereocenters. The number of ether oxygens (including phenoxy) is 4. The Kier molecular flexibility index (Phi) is 26.2. The molecule has 0 radical (unpaired) electrons. The molecule has 0 heterocycles. The molecule has 47 heavy (non-hydrogen) atoms. The summed E-state index contributed by atoms with van der Waals surface area (Å²) in [5, 5.41) is 26.8. The minimum Gasteiger partial charge on any atom is -0.480 e. The molecule has 16 heteroatoms. The number of nitrogens with two attached hydrogens (primary N) is 1. The summed E-state index contributed by atoms with van der Waals surface area (Å²) in [6.45, 7) is 7.13. The van der Waals surface area contributed by atoms with E-state index < -0.39 is 36.0 Å². The first-order chi connectivity index (χ1) is 22.4. The maximum absolute atomic E-state index is 12.5. The summed E-state index contributed by atoms with van der Waals surface area (Å²) in [6, 6.07) is -2.27. The van der Waals surface area contributed by atoms with Crippen LogP contribution in [0.4, 0.5) is 0 Å². The zero-order valence-electron chi connectivity index (χ0n) is 28.1. The summed E-state index contributed by atoms with van der Waals surface area (Å²) in [5.74, 6) is -3.39. The number of carboxylic acid groups (broad SMARTS) is 1.